The first-order chi connectivity index (χ1) is 10.5. The Kier molecular flexibility index (Phi) is 5.14. The smallest absolute Gasteiger partial charge is 0.233 e. The molecule has 1 aromatic rings. The molecule has 1 aliphatic rings. The second-order valence-electron chi connectivity index (χ2n) is 5.55. The molecule has 118 valence electrons. The maximum atomic E-state index is 12.1. The van der Waals surface area contributed by atoms with Crippen LogP contribution in [-0.4, -0.2) is 54.2 Å². The molecular weight excluding hydrogens is 282 g/mol. The van der Waals surface area contributed by atoms with Crippen LogP contribution in [0.15, 0.2) is 18.2 Å². The molecule has 1 fully saturated rings. The van der Waals surface area contributed by atoms with Crippen LogP contribution in [0, 0.1) is 13.8 Å². The van der Waals surface area contributed by atoms with Gasteiger partial charge in [-0.15, -0.1) is 0 Å². The van der Waals surface area contributed by atoms with E-state index in [1.54, 1.807) is 9.80 Å². The van der Waals surface area contributed by atoms with Crippen molar-refractivity contribution in [3.8, 4) is 0 Å². The largest absolute Gasteiger partial charge is 0.342 e. The second kappa shape index (κ2) is 7.06. The van der Waals surface area contributed by atoms with E-state index >= 15 is 0 Å². The Morgan fingerprint density at radius 2 is 1.82 bits per heavy atom. The summed E-state index contributed by atoms with van der Waals surface area (Å²) < 4.78 is 0. The molecule has 1 aliphatic heterocycles. The Hall–Kier alpha value is -2.37. The number of carbonyl (C=O) groups is 3. The predicted molar refractivity (Wildman–Crippen MR) is 83.4 cm³/mol. The van der Waals surface area contributed by atoms with Crippen molar-refractivity contribution in [1.82, 2.24) is 9.80 Å². The molecule has 1 aromatic carbocycles. The predicted octanol–water partition coefficient (Wildman–Crippen LogP) is 0.933. The van der Waals surface area contributed by atoms with E-state index in [2.05, 4.69) is 5.32 Å². The molecule has 0 saturated carbocycles. The lowest BCUT2D eigenvalue weighted by Crippen LogP contribution is -2.48. The number of hydrogen-bond acceptors (Lipinski definition) is 3. The quantitative estimate of drug-likeness (QED) is 0.664. The minimum Gasteiger partial charge on any atom is -0.342 e. The number of aryl methyl sites for hydroxylation is 2. The Balaban J connectivity index is 1.85. The molecule has 22 heavy (non-hydrogen) atoms. The Morgan fingerprint density at radius 1 is 1.14 bits per heavy atom. The molecule has 0 unspecified atom stereocenters. The molecule has 1 saturated heterocycles. The highest BCUT2D eigenvalue weighted by Gasteiger charge is 2.22. The van der Waals surface area contributed by atoms with Crippen molar-refractivity contribution < 1.29 is 14.4 Å². The van der Waals surface area contributed by atoms with Crippen molar-refractivity contribution in [3.05, 3.63) is 29.3 Å². The van der Waals surface area contributed by atoms with Crippen LogP contribution in [0.1, 0.15) is 17.5 Å². The summed E-state index contributed by atoms with van der Waals surface area (Å²) in [6.45, 7) is 5.98. The minimum atomic E-state index is -0.314. The molecular formula is C16H21N3O3. The summed E-state index contributed by atoms with van der Waals surface area (Å²) in [6.07, 6.45) is 0.613. The van der Waals surface area contributed by atoms with Crippen LogP contribution in [0.25, 0.3) is 0 Å². The van der Waals surface area contributed by atoms with E-state index in [1.165, 1.54) is 0 Å². The van der Waals surface area contributed by atoms with Gasteiger partial charge in [-0.2, -0.15) is 0 Å². The number of benzene rings is 1. The van der Waals surface area contributed by atoms with Gasteiger partial charge >= 0.3 is 0 Å². The monoisotopic (exact) mass is 303 g/mol. The number of amides is 3. The van der Waals surface area contributed by atoms with Crippen molar-refractivity contribution in [2.45, 2.75) is 20.3 Å². The number of piperazine rings is 1. The first kappa shape index (κ1) is 16.0. The molecule has 0 radical (unpaired) electrons. The third-order valence-electron chi connectivity index (χ3n) is 3.92. The molecule has 0 atom stereocenters. The summed E-state index contributed by atoms with van der Waals surface area (Å²) >= 11 is 0. The molecule has 3 amide bonds. The Labute approximate surface area is 130 Å². The standard InChI is InChI=1S/C16H21N3O3/c1-12-3-4-14(9-13(12)2)17-15(21)10-16(22)19-7-5-18(11-20)6-8-19/h3-4,9,11H,5-8,10H2,1-2H3,(H,17,21). The van der Waals surface area contributed by atoms with Gasteiger partial charge in [0.15, 0.2) is 0 Å². The van der Waals surface area contributed by atoms with Crippen LogP contribution in [0.3, 0.4) is 0 Å². The van der Waals surface area contributed by atoms with Gasteiger partial charge in [-0.3, -0.25) is 14.4 Å². The molecule has 6 heteroatoms. The molecule has 0 spiro atoms. The number of anilines is 1. The summed E-state index contributed by atoms with van der Waals surface area (Å²) in [5.41, 5.74) is 2.95. The zero-order valence-corrected chi connectivity index (χ0v) is 13.0. The molecule has 6 nitrogen and oxygen atoms in total. The fourth-order valence-corrected chi connectivity index (χ4v) is 2.35. The maximum Gasteiger partial charge on any atom is 0.233 e. The van der Waals surface area contributed by atoms with Crippen LogP contribution >= 0.6 is 0 Å². The highest BCUT2D eigenvalue weighted by Crippen LogP contribution is 2.14. The van der Waals surface area contributed by atoms with Crippen LogP contribution in [0.2, 0.25) is 0 Å². The average molecular weight is 303 g/mol. The topological polar surface area (TPSA) is 69.7 Å². The van der Waals surface area contributed by atoms with Gasteiger partial charge in [0.1, 0.15) is 6.42 Å². The van der Waals surface area contributed by atoms with Gasteiger partial charge in [-0.25, -0.2) is 0 Å². The van der Waals surface area contributed by atoms with E-state index in [9.17, 15) is 14.4 Å². The first-order valence-corrected chi connectivity index (χ1v) is 7.34. The zero-order valence-electron chi connectivity index (χ0n) is 13.0. The maximum absolute atomic E-state index is 12.1. The minimum absolute atomic E-state index is 0.173. The van der Waals surface area contributed by atoms with Crippen LogP contribution in [0.5, 0.6) is 0 Å². The van der Waals surface area contributed by atoms with E-state index in [-0.39, 0.29) is 18.2 Å². The SMILES string of the molecule is Cc1ccc(NC(=O)CC(=O)N2CCN(C=O)CC2)cc1C. The normalized spacial score (nSPS) is 14.6. The van der Waals surface area contributed by atoms with Gasteiger partial charge in [0.2, 0.25) is 18.2 Å². The second-order valence-corrected chi connectivity index (χ2v) is 5.55. The molecule has 1 heterocycles. The first-order valence-electron chi connectivity index (χ1n) is 7.34. The van der Waals surface area contributed by atoms with E-state index in [0.717, 1.165) is 17.5 Å². The Morgan fingerprint density at radius 3 is 2.41 bits per heavy atom. The third-order valence-corrected chi connectivity index (χ3v) is 3.92. The van der Waals surface area contributed by atoms with Gasteiger partial charge in [0, 0.05) is 31.9 Å². The fraction of sp³-hybridized carbons (Fsp3) is 0.438. The van der Waals surface area contributed by atoms with Crippen LogP contribution < -0.4 is 5.32 Å². The van der Waals surface area contributed by atoms with Crippen molar-refractivity contribution in [1.29, 1.82) is 0 Å². The lowest BCUT2D eigenvalue weighted by atomic mass is 10.1. The summed E-state index contributed by atoms with van der Waals surface area (Å²) in [5, 5.41) is 2.75. The summed E-state index contributed by atoms with van der Waals surface area (Å²) in [7, 11) is 0. The summed E-state index contributed by atoms with van der Waals surface area (Å²) in [4.78, 5) is 37.9. The van der Waals surface area contributed by atoms with E-state index < -0.39 is 0 Å². The van der Waals surface area contributed by atoms with Gasteiger partial charge in [0.05, 0.1) is 0 Å². The number of nitrogens with one attached hydrogen (secondary N) is 1. The van der Waals surface area contributed by atoms with Crippen LogP contribution in [-0.2, 0) is 14.4 Å². The number of hydrogen-bond donors (Lipinski definition) is 1. The van der Waals surface area contributed by atoms with Crippen molar-refractivity contribution in [2.24, 2.45) is 0 Å². The number of nitrogens with zero attached hydrogens (tertiary/aromatic N) is 2. The van der Waals surface area contributed by atoms with Gasteiger partial charge in [-0.1, -0.05) is 6.07 Å². The third kappa shape index (κ3) is 4.07. The van der Waals surface area contributed by atoms with Gasteiger partial charge < -0.3 is 15.1 Å². The lowest BCUT2D eigenvalue weighted by molar-refractivity contribution is -0.137. The van der Waals surface area contributed by atoms with E-state index in [4.69, 9.17) is 0 Å². The molecule has 1 N–H and O–H groups in total. The van der Waals surface area contributed by atoms with E-state index in [1.807, 2.05) is 32.0 Å². The number of rotatable bonds is 4. The molecule has 0 aliphatic carbocycles. The van der Waals surface area contributed by atoms with Crippen molar-refractivity contribution in [3.63, 3.8) is 0 Å². The fourth-order valence-electron chi connectivity index (χ4n) is 2.35. The highest BCUT2D eigenvalue weighted by molar-refractivity contribution is 6.03. The lowest BCUT2D eigenvalue weighted by Gasteiger charge is -2.32. The number of carbonyl (C=O) groups excluding carboxylic acids is 3. The molecule has 0 aromatic heterocycles. The summed E-state index contributed by atoms with van der Waals surface area (Å²) in [5.74, 6) is -0.516. The van der Waals surface area contributed by atoms with Crippen molar-refractivity contribution in [2.75, 3.05) is 31.5 Å². The summed E-state index contributed by atoms with van der Waals surface area (Å²) in [6, 6.07) is 5.65. The van der Waals surface area contributed by atoms with Crippen molar-refractivity contribution >= 4 is 23.9 Å². The van der Waals surface area contributed by atoms with Gasteiger partial charge in [0.25, 0.3) is 0 Å². The highest BCUT2D eigenvalue weighted by atomic mass is 16.2. The van der Waals surface area contributed by atoms with Gasteiger partial charge in [-0.05, 0) is 37.1 Å². The Bertz CT molecular complexity index is 578. The zero-order chi connectivity index (χ0) is 16.1. The van der Waals surface area contributed by atoms with Crippen LogP contribution in [0.4, 0.5) is 5.69 Å². The molecule has 0 bridgehead atoms. The van der Waals surface area contributed by atoms with E-state index in [0.29, 0.717) is 31.9 Å². The molecule has 2 rings (SSSR count). The average Bonchev–Trinajstić information content (AvgIpc) is 2.51.